The number of carbonyl (C=O) groups is 2. The van der Waals surface area contributed by atoms with E-state index in [2.05, 4.69) is 0 Å². The molecule has 0 aliphatic carbocycles. The maximum Gasteiger partial charge on any atom is 0.339 e. The van der Waals surface area contributed by atoms with E-state index in [4.69, 9.17) is 20.1 Å². The Labute approximate surface area is 117 Å². The zero-order valence-electron chi connectivity index (χ0n) is 11.8. The number of likely N-dealkylation sites (N-methyl/N-ethyl adjacent to an activating group) is 1. The van der Waals surface area contributed by atoms with Gasteiger partial charge in [0.25, 0.3) is 0 Å². The zero-order valence-corrected chi connectivity index (χ0v) is 11.8. The number of aliphatic carboxylic acids is 1. The van der Waals surface area contributed by atoms with Gasteiger partial charge >= 0.3 is 11.9 Å². The van der Waals surface area contributed by atoms with Crippen molar-refractivity contribution in [2.45, 2.75) is 13.0 Å². The van der Waals surface area contributed by atoms with Crippen LogP contribution in [0.3, 0.4) is 0 Å². The fourth-order valence-corrected chi connectivity index (χ4v) is 1.04. The number of phenols is 1. The number of ether oxygens (including phenoxy) is 1. The minimum absolute atomic E-state index is 0.129. The monoisotopic (exact) mass is 285 g/mol. The van der Waals surface area contributed by atoms with Crippen molar-refractivity contribution >= 4 is 11.9 Å². The molecular formula is C13H19NO6. The van der Waals surface area contributed by atoms with Crippen LogP contribution in [0.2, 0.25) is 0 Å². The van der Waals surface area contributed by atoms with Crippen LogP contribution in [0.5, 0.6) is 11.5 Å². The van der Waals surface area contributed by atoms with E-state index in [0.29, 0.717) is 5.75 Å². The SMILES string of the molecule is CC(C(=O)O)N(C)C.COc1ccc(C(=O)O)c(O)c1. The van der Waals surface area contributed by atoms with Crippen LogP contribution >= 0.6 is 0 Å². The molecule has 1 aromatic rings. The number of methoxy groups -OCH3 is 1. The summed E-state index contributed by atoms with van der Waals surface area (Å²) in [5.41, 5.74) is -0.129. The third kappa shape index (κ3) is 5.57. The summed E-state index contributed by atoms with van der Waals surface area (Å²) in [4.78, 5) is 22.2. The molecule has 0 radical (unpaired) electrons. The van der Waals surface area contributed by atoms with E-state index in [1.807, 2.05) is 0 Å². The number of benzene rings is 1. The lowest BCUT2D eigenvalue weighted by Crippen LogP contribution is -2.32. The Bertz CT molecular complexity index is 472. The molecule has 0 spiro atoms. The number of rotatable bonds is 4. The second kappa shape index (κ2) is 8.00. The molecule has 1 aromatic carbocycles. The molecule has 1 rings (SSSR count). The molecule has 7 nitrogen and oxygen atoms in total. The molecule has 0 saturated heterocycles. The van der Waals surface area contributed by atoms with Crippen LogP contribution in [0.15, 0.2) is 18.2 Å². The molecule has 0 aliphatic rings. The molecule has 112 valence electrons. The van der Waals surface area contributed by atoms with E-state index in [-0.39, 0.29) is 17.4 Å². The highest BCUT2D eigenvalue weighted by Crippen LogP contribution is 2.22. The Morgan fingerprint density at radius 2 is 1.80 bits per heavy atom. The largest absolute Gasteiger partial charge is 0.507 e. The fourth-order valence-electron chi connectivity index (χ4n) is 1.04. The number of carboxylic acid groups (broad SMARTS) is 2. The molecule has 0 fully saturated rings. The lowest BCUT2D eigenvalue weighted by atomic mass is 10.2. The number of nitrogens with zero attached hydrogens (tertiary/aromatic N) is 1. The van der Waals surface area contributed by atoms with Crippen molar-refractivity contribution in [3.05, 3.63) is 23.8 Å². The second-order valence-electron chi connectivity index (χ2n) is 4.17. The average molecular weight is 285 g/mol. The molecule has 1 unspecified atom stereocenters. The Balaban J connectivity index is 0.000000396. The molecule has 3 N–H and O–H groups in total. The van der Waals surface area contributed by atoms with Crippen LogP contribution in [0.1, 0.15) is 17.3 Å². The molecule has 20 heavy (non-hydrogen) atoms. The van der Waals surface area contributed by atoms with E-state index >= 15 is 0 Å². The van der Waals surface area contributed by atoms with E-state index in [9.17, 15) is 9.59 Å². The van der Waals surface area contributed by atoms with Gasteiger partial charge in [-0.05, 0) is 33.2 Å². The minimum atomic E-state index is -1.16. The third-order valence-electron chi connectivity index (χ3n) is 2.57. The van der Waals surface area contributed by atoms with Gasteiger partial charge in [0.2, 0.25) is 0 Å². The summed E-state index contributed by atoms with van der Waals surface area (Å²) in [5.74, 6) is -1.80. The number of hydrogen-bond acceptors (Lipinski definition) is 5. The van der Waals surface area contributed by atoms with Gasteiger partial charge in [-0.1, -0.05) is 0 Å². The molecule has 0 aromatic heterocycles. The van der Waals surface area contributed by atoms with Crippen molar-refractivity contribution < 1.29 is 29.6 Å². The van der Waals surface area contributed by atoms with Gasteiger partial charge < -0.3 is 20.1 Å². The highest BCUT2D eigenvalue weighted by molar-refractivity contribution is 5.90. The normalized spacial score (nSPS) is 11.2. The molecule has 0 bridgehead atoms. The quantitative estimate of drug-likeness (QED) is 0.760. The highest BCUT2D eigenvalue weighted by atomic mass is 16.5. The number of hydrogen-bond donors (Lipinski definition) is 3. The number of aromatic carboxylic acids is 1. The summed E-state index contributed by atoms with van der Waals surface area (Å²) in [7, 11) is 4.91. The molecule has 1 atom stereocenters. The van der Waals surface area contributed by atoms with Crippen LogP contribution in [0, 0.1) is 0 Å². The predicted molar refractivity (Wildman–Crippen MR) is 72.4 cm³/mol. The van der Waals surface area contributed by atoms with Gasteiger partial charge in [-0.2, -0.15) is 0 Å². The van der Waals surface area contributed by atoms with E-state index < -0.39 is 11.9 Å². The Morgan fingerprint density at radius 1 is 1.25 bits per heavy atom. The van der Waals surface area contributed by atoms with E-state index in [1.165, 1.54) is 25.3 Å². The molecule has 0 heterocycles. The van der Waals surface area contributed by atoms with Crippen LogP contribution in [0.25, 0.3) is 0 Å². The van der Waals surface area contributed by atoms with Crippen LogP contribution in [0.4, 0.5) is 0 Å². The van der Waals surface area contributed by atoms with Crippen molar-refractivity contribution in [2.24, 2.45) is 0 Å². The first-order valence-corrected chi connectivity index (χ1v) is 5.70. The first kappa shape index (κ1) is 17.7. The molecule has 7 heteroatoms. The summed E-state index contributed by atoms with van der Waals surface area (Å²) >= 11 is 0. The first-order chi connectivity index (χ1) is 9.20. The van der Waals surface area contributed by atoms with Crippen molar-refractivity contribution in [2.75, 3.05) is 21.2 Å². The smallest absolute Gasteiger partial charge is 0.339 e. The van der Waals surface area contributed by atoms with Crippen molar-refractivity contribution in [3.8, 4) is 11.5 Å². The summed E-state index contributed by atoms with van der Waals surface area (Å²) in [6, 6.07) is 3.64. The van der Waals surface area contributed by atoms with E-state index in [0.717, 1.165) is 0 Å². The van der Waals surface area contributed by atoms with Gasteiger partial charge in [-0.15, -0.1) is 0 Å². The standard InChI is InChI=1S/C8H8O4.C5H11NO2/c1-12-5-2-3-6(8(10)11)7(9)4-5;1-4(5(7)8)6(2)3/h2-4,9H,1H3,(H,10,11);4H,1-3H3,(H,7,8). The van der Waals surface area contributed by atoms with E-state index in [1.54, 1.807) is 25.9 Å². The predicted octanol–water partition coefficient (Wildman–Crippen LogP) is 1.12. The van der Waals surface area contributed by atoms with Crippen LogP contribution in [-0.4, -0.2) is 59.4 Å². The van der Waals surface area contributed by atoms with Gasteiger partial charge in [0.15, 0.2) is 0 Å². The summed E-state index contributed by atoms with van der Waals surface area (Å²) < 4.78 is 4.78. The van der Waals surface area contributed by atoms with Crippen molar-refractivity contribution in [3.63, 3.8) is 0 Å². The lowest BCUT2D eigenvalue weighted by Gasteiger charge is -2.13. The molecule has 0 saturated carbocycles. The minimum Gasteiger partial charge on any atom is -0.507 e. The zero-order chi connectivity index (χ0) is 15.9. The van der Waals surface area contributed by atoms with Gasteiger partial charge in [-0.3, -0.25) is 9.69 Å². The fraction of sp³-hybridized carbons (Fsp3) is 0.385. The summed E-state index contributed by atoms with van der Waals surface area (Å²) in [5, 5.41) is 26.0. The Morgan fingerprint density at radius 3 is 2.05 bits per heavy atom. The molecular weight excluding hydrogens is 266 g/mol. The van der Waals surface area contributed by atoms with Gasteiger partial charge in [0, 0.05) is 6.07 Å². The first-order valence-electron chi connectivity index (χ1n) is 5.70. The Kier molecular flexibility index (Phi) is 7.09. The maximum absolute atomic E-state index is 10.4. The van der Waals surface area contributed by atoms with Crippen molar-refractivity contribution in [1.29, 1.82) is 0 Å². The van der Waals surface area contributed by atoms with Gasteiger partial charge in [-0.25, -0.2) is 4.79 Å². The number of aromatic hydroxyl groups is 1. The summed E-state index contributed by atoms with van der Waals surface area (Å²) in [6.07, 6.45) is 0. The highest BCUT2D eigenvalue weighted by Gasteiger charge is 2.11. The van der Waals surface area contributed by atoms with Crippen LogP contribution in [-0.2, 0) is 4.79 Å². The third-order valence-corrected chi connectivity index (χ3v) is 2.57. The lowest BCUT2D eigenvalue weighted by molar-refractivity contribution is -0.141. The molecule has 0 amide bonds. The Hall–Kier alpha value is -2.28. The maximum atomic E-state index is 10.4. The van der Waals surface area contributed by atoms with Crippen molar-refractivity contribution in [1.82, 2.24) is 4.90 Å². The second-order valence-corrected chi connectivity index (χ2v) is 4.17. The van der Waals surface area contributed by atoms with Crippen LogP contribution < -0.4 is 4.74 Å². The van der Waals surface area contributed by atoms with Gasteiger partial charge in [0.1, 0.15) is 23.1 Å². The average Bonchev–Trinajstić information content (AvgIpc) is 2.37. The summed E-state index contributed by atoms with van der Waals surface area (Å²) in [6.45, 7) is 1.64. The number of carboxylic acids is 2. The van der Waals surface area contributed by atoms with Gasteiger partial charge in [0.05, 0.1) is 7.11 Å². The molecule has 0 aliphatic heterocycles. The topological polar surface area (TPSA) is 107 Å².